The molecule has 0 aliphatic rings. The van der Waals surface area contributed by atoms with E-state index < -0.39 is 11.4 Å². The van der Waals surface area contributed by atoms with Crippen LogP contribution in [0.4, 0.5) is 4.39 Å². The summed E-state index contributed by atoms with van der Waals surface area (Å²) in [6.07, 6.45) is 4.79. The molecule has 0 atom stereocenters. The fourth-order valence-electron chi connectivity index (χ4n) is 4.92. The molecule has 5 rings (SSSR count). The molecule has 3 aromatic heterocycles. The highest BCUT2D eigenvalue weighted by atomic mass is 32.1. The van der Waals surface area contributed by atoms with Crippen molar-refractivity contribution < 1.29 is 9.50 Å². The van der Waals surface area contributed by atoms with Gasteiger partial charge in [0.15, 0.2) is 5.82 Å². The average molecular weight is 541 g/mol. The van der Waals surface area contributed by atoms with Gasteiger partial charge < -0.3 is 5.11 Å². The highest BCUT2D eigenvalue weighted by Gasteiger charge is 2.24. The van der Waals surface area contributed by atoms with E-state index in [4.69, 9.17) is 0 Å². The van der Waals surface area contributed by atoms with Gasteiger partial charge in [0.25, 0.3) is 5.56 Å². The Morgan fingerprint density at radius 3 is 2.36 bits per heavy atom. The summed E-state index contributed by atoms with van der Waals surface area (Å²) in [5.41, 5.74) is 5.51. The van der Waals surface area contributed by atoms with Crippen molar-refractivity contribution in [1.82, 2.24) is 19.5 Å². The van der Waals surface area contributed by atoms with Crippen LogP contribution in [0.15, 0.2) is 65.0 Å². The molecule has 6 nitrogen and oxygen atoms in total. The number of aryl methyl sites for hydroxylation is 4. The molecule has 0 aliphatic heterocycles. The van der Waals surface area contributed by atoms with Gasteiger partial charge in [0.05, 0.1) is 16.3 Å². The van der Waals surface area contributed by atoms with E-state index in [-0.39, 0.29) is 23.7 Å². The Morgan fingerprint density at radius 2 is 1.74 bits per heavy atom. The van der Waals surface area contributed by atoms with Gasteiger partial charge in [0.2, 0.25) is 5.88 Å². The second-order valence-electron chi connectivity index (χ2n) is 9.44. The van der Waals surface area contributed by atoms with Crippen LogP contribution in [-0.2, 0) is 19.3 Å². The summed E-state index contributed by atoms with van der Waals surface area (Å²) in [7, 11) is 0. The zero-order chi connectivity index (χ0) is 27.7. The highest BCUT2D eigenvalue weighted by molar-refractivity contribution is 7.09. The molecule has 198 valence electrons. The normalized spacial score (nSPS) is 11.2. The smallest absolute Gasteiger partial charge is 0.280 e. The van der Waals surface area contributed by atoms with E-state index in [1.165, 1.54) is 17.4 Å². The van der Waals surface area contributed by atoms with Crippen LogP contribution in [-0.4, -0.2) is 24.6 Å². The number of pyridine rings is 1. The van der Waals surface area contributed by atoms with E-state index in [1.54, 1.807) is 35.2 Å². The van der Waals surface area contributed by atoms with Crippen LogP contribution in [0.5, 0.6) is 5.88 Å². The topological polar surface area (TPSA) is 80.9 Å². The first-order valence-electron chi connectivity index (χ1n) is 12.9. The van der Waals surface area contributed by atoms with E-state index in [2.05, 4.69) is 15.0 Å². The Hall–Kier alpha value is -4.17. The van der Waals surface area contributed by atoms with Gasteiger partial charge in [-0.3, -0.25) is 14.3 Å². The lowest BCUT2D eigenvalue weighted by Gasteiger charge is -2.21. The van der Waals surface area contributed by atoms with Gasteiger partial charge >= 0.3 is 0 Å². The molecule has 0 saturated carbocycles. The first-order chi connectivity index (χ1) is 18.8. The Kier molecular flexibility index (Phi) is 7.39. The van der Waals surface area contributed by atoms with Crippen molar-refractivity contribution >= 4 is 11.3 Å². The van der Waals surface area contributed by atoms with Gasteiger partial charge in [-0.05, 0) is 66.6 Å². The summed E-state index contributed by atoms with van der Waals surface area (Å²) in [5.74, 6) is -0.328. The first-order valence-corrected chi connectivity index (χ1v) is 13.8. The number of thiazole rings is 1. The van der Waals surface area contributed by atoms with Crippen LogP contribution in [0, 0.1) is 19.7 Å². The average Bonchev–Trinajstić information content (AvgIpc) is 3.37. The van der Waals surface area contributed by atoms with Crippen molar-refractivity contribution in [2.45, 2.75) is 47.0 Å². The lowest BCUT2D eigenvalue weighted by molar-refractivity contribution is 0.429. The van der Waals surface area contributed by atoms with E-state index in [1.807, 2.05) is 51.3 Å². The fraction of sp³-hybridized carbons (Fsp3) is 0.226. The van der Waals surface area contributed by atoms with Crippen molar-refractivity contribution in [3.05, 3.63) is 109 Å². The lowest BCUT2D eigenvalue weighted by Crippen LogP contribution is -2.21. The monoisotopic (exact) mass is 540 g/mol. The van der Waals surface area contributed by atoms with Crippen molar-refractivity contribution in [2.75, 3.05) is 0 Å². The second-order valence-corrected chi connectivity index (χ2v) is 10.5. The zero-order valence-electron chi connectivity index (χ0n) is 22.3. The third-order valence-corrected chi connectivity index (χ3v) is 7.69. The molecule has 1 N–H and O–H groups in total. The SMILES string of the molecule is CCc1cccc(CC)c1-n1c(-c2csc(C)n2)nc(=O)c(Cc2ccc(-c3ccncc3C)c(F)c2)c1O. The van der Waals surface area contributed by atoms with Crippen LogP contribution >= 0.6 is 11.3 Å². The van der Waals surface area contributed by atoms with Crippen LogP contribution in [0.3, 0.4) is 0 Å². The molecule has 0 spiro atoms. The largest absolute Gasteiger partial charge is 0.494 e. The van der Waals surface area contributed by atoms with E-state index in [0.717, 1.165) is 45.8 Å². The van der Waals surface area contributed by atoms with Gasteiger partial charge in [-0.15, -0.1) is 11.3 Å². The number of hydrogen-bond acceptors (Lipinski definition) is 6. The highest BCUT2D eigenvalue weighted by Crippen LogP contribution is 2.34. The lowest BCUT2D eigenvalue weighted by atomic mass is 9.98. The van der Waals surface area contributed by atoms with Crippen molar-refractivity contribution in [1.29, 1.82) is 0 Å². The van der Waals surface area contributed by atoms with Crippen molar-refractivity contribution in [2.24, 2.45) is 0 Å². The standard InChI is InChI=1S/C31H29FN4O2S/c1-5-21-8-7-9-22(6-2)28(21)36-29(27-17-39-19(4)34-27)35-30(37)25(31(36)38)14-20-10-11-24(26(32)15-20)23-12-13-33-16-18(23)3/h7-13,15-17,38H,5-6,14H2,1-4H3. The molecule has 5 aromatic rings. The molecular weight excluding hydrogens is 511 g/mol. The molecule has 0 fully saturated rings. The molecule has 0 saturated heterocycles. The minimum Gasteiger partial charge on any atom is -0.494 e. The van der Waals surface area contributed by atoms with Gasteiger partial charge in [0.1, 0.15) is 11.5 Å². The fourth-order valence-corrected chi connectivity index (χ4v) is 5.51. The molecule has 3 heterocycles. The van der Waals surface area contributed by atoms with Crippen molar-refractivity contribution in [3.63, 3.8) is 0 Å². The van der Waals surface area contributed by atoms with Crippen LogP contribution < -0.4 is 5.56 Å². The molecule has 39 heavy (non-hydrogen) atoms. The summed E-state index contributed by atoms with van der Waals surface area (Å²) in [4.78, 5) is 26.4. The number of para-hydroxylation sites is 1. The summed E-state index contributed by atoms with van der Waals surface area (Å²) in [6.45, 7) is 7.86. The molecule has 0 radical (unpaired) electrons. The zero-order valence-corrected chi connectivity index (χ0v) is 23.1. The maximum Gasteiger partial charge on any atom is 0.280 e. The molecule has 0 bridgehead atoms. The first kappa shape index (κ1) is 26.4. The van der Waals surface area contributed by atoms with Gasteiger partial charge in [-0.25, -0.2) is 9.37 Å². The predicted octanol–water partition coefficient (Wildman–Crippen LogP) is 6.60. The summed E-state index contributed by atoms with van der Waals surface area (Å²) in [5, 5.41) is 14.4. The van der Waals surface area contributed by atoms with Gasteiger partial charge in [-0.2, -0.15) is 4.98 Å². The summed E-state index contributed by atoms with van der Waals surface area (Å²) in [6, 6.07) is 12.7. The number of aromatic hydroxyl groups is 1. The van der Waals surface area contributed by atoms with Crippen LogP contribution in [0.2, 0.25) is 0 Å². The third-order valence-electron chi connectivity index (χ3n) is 6.92. The Labute approximate surface area is 230 Å². The molecule has 2 aromatic carbocycles. The van der Waals surface area contributed by atoms with Crippen molar-refractivity contribution in [3.8, 4) is 34.2 Å². The predicted molar refractivity (Wildman–Crippen MR) is 153 cm³/mol. The molecular formula is C31H29FN4O2S. The maximum absolute atomic E-state index is 15.3. The van der Waals surface area contributed by atoms with E-state index in [0.29, 0.717) is 16.8 Å². The number of halogens is 1. The second kappa shape index (κ2) is 10.9. The van der Waals surface area contributed by atoms with Gasteiger partial charge in [-0.1, -0.05) is 44.2 Å². The molecule has 0 unspecified atom stereocenters. The summed E-state index contributed by atoms with van der Waals surface area (Å²) >= 11 is 1.45. The molecule has 0 amide bonds. The minimum absolute atomic E-state index is 0.0241. The Balaban J connectivity index is 1.68. The van der Waals surface area contributed by atoms with Crippen LogP contribution in [0.1, 0.15) is 46.7 Å². The Morgan fingerprint density at radius 1 is 1.00 bits per heavy atom. The van der Waals surface area contributed by atoms with Gasteiger partial charge in [0, 0.05) is 29.8 Å². The molecule has 8 heteroatoms. The number of hydrogen-bond donors (Lipinski definition) is 1. The Bertz CT molecular complexity index is 1720. The van der Waals surface area contributed by atoms with Crippen LogP contribution in [0.25, 0.3) is 28.3 Å². The summed E-state index contributed by atoms with van der Waals surface area (Å²) < 4.78 is 16.9. The minimum atomic E-state index is -0.564. The van der Waals surface area contributed by atoms with E-state index >= 15 is 4.39 Å². The number of rotatable bonds is 7. The number of benzene rings is 2. The number of aromatic nitrogens is 4. The van der Waals surface area contributed by atoms with E-state index in [9.17, 15) is 9.90 Å². The quantitative estimate of drug-likeness (QED) is 0.252. The number of nitrogens with zero attached hydrogens (tertiary/aromatic N) is 4. The maximum atomic E-state index is 15.3. The third kappa shape index (κ3) is 5.00. The molecule has 0 aliphatic carbocycles.